The first-order chi connectivity index (χ1) is 11.0. The number of anilines is 1. The molecule has 23 heavy (non-hydrogen) atoms. The van der Waals surface area contributed by atoms with Crippen LogP contribution in [0.25, 0.3) is 0 Å². The van der Waals surface area contributed by atoms with Gasteiger partial charge < -0.3 is 20.9 Å². The summed E-state index contributed by atoms with van der Waals surface area (Å²) in [6, 6.07) is 13.6. The smallest absolute Gasteiger partial charge is 0.394 e. The Bertz CT molecular complexity index is 743. The Balaban J connectivity index is 2.27. The van der Waals surface area contributed by atoms with Gasteiger partial charge in [0.1, 0.15) is 17.9 Å². The summed E-state index contributed by atoms with van der Waals surface area (Å²) >= 11 is 0. The molecule has 0 aromatic heterocycles. The van der Waals surface area contributed by atoms with E-state index in [1.54, 1.807) is 0 Å². The third-order valence-electron chi connectivity index (χ3n) is 2.95. The molecule has 0 spiro atoms. The largest absolute Gasteiger partial charge is 0.488 e. The number of hydrogen-bond acceptors (Lipinski definition) is 4. The summed E-state index contributed by atoms with van der Waals surface area (Å²) in [5.41, 5.74) is 6.09. The second kappa shape index (κ2) is 7.08. The standard InChI is InChI=1S/C16H14N2O5/c17-14(19)13-11(18-15(20)16(21)22)7-4-8-12(13)23-9-10-5-2-1-3-6-10/h1-8H,9H2,(H2,17,19)(H,18,20)(H,21,22). The maximum atomic E-state index is 11.6. The van der Waals surface area contributed by atoms with Crippen molar-refractivity contribution in [3.05, 3.63) is 59.7 Å². The Labute approximate surface area is 131 Å². The van der Waals surface area contributed by atoms with Gasteiger partial charge in [-0.15, -0.1) is 0 Å². The van der Waals surface area contributed by atoms with Gasteiger partial charge in [-0.25, -0.2) is 4.79 Å². The minimum Gasteiger partial charge on any atom is -0.488 e. The lowest BCUT2D eigenvalue weighted by molar-refractivity contribution is -0.147. The summed E-state index contributed by atoms with van der Waals surface area (Å²) in [7, 11) is 0. The molecule has 0 unspecified atom stereocenters. The number of hydrogen-bond donors (Lipinski definition) is 3. The molecule has 0 aliphatic carbocycles. The van der Waals surface area contributed by atoms with Gasteiger partial charge in [-0.1, -0.05) is 36.4 Å². The highest BCUT2D eigenvalue weighted by molar-refractivity contribution is 6.36. The highest BCUT2D eigenvalue weighted by Gasteiger charge is 2.19. The molecule has 0 heterocycles. The fraction of sp³-hybridized carbons (Fsp3) is 0.0625. The SMILES string of the molecule is NC(=O)c1c(NC(=O)C(=O)O)cccc1OCc1ccccc1. The van der Waals surface area contributed by atoms with Gasteiger partial charge in [0, 0.05) is 0 Å². The molecule has 0 aliphatic heterocycles. The zero-order valence-corrected chi connectivity index (χ0v) is 12.0. The maximum absolute atomic E-state index is 11.6. The number of nitrogens with two attached hydrogens (primary N) is 1. The number of amides is 2. The number of ether oxygens (including phenoxy) is 1. The monoisotopic (exact) mass is 314 g/mol. The van der Waals surface area contributed by atoms with Crippen LogP contribution in [0.5, 0.6) is 5.75 Å². The fourth-order valence-corrected chi connectivity index (χ4v) is 1.92. The molecule has 0 saturated carbocycles. The summed E-state index contributed by atoms with van der Waals surface area (Å²) in [5, 5.41) is 10.7. The van der Waals surface area contributed by atoms with E-state index in [9.17, 15) is 14.4 Å². The molecule has 118 valence electrons. The second-order valence-electron chi connectivity index (χ2n) is 4.58. The van der Waals surface area contributed by atoms with Crippen LogP contribution in [0, 0.1) is 0 Å². The average molecular weight is 314 g/mol. The van der Waals surface area contributed by atoms with E-state index < -0.39 is 17.8 Å². The first-order valence-electron chi connectivity index (χ1n) is 6.63. The van der Waals surface area contributed by atoms with Crippen molar-refractivity contribution in [1.29, 1.82) is 0 Å². The van der Waals surface area contributed by atoms with Crippen molar-refractivity contribution in [2.24, 2.45) is 5.73 Å². The summed E-state index contributed by atoms with van der Waals surface area (Å²) in [6.07, 6.45) is 0. The first-order valence-corrected chi connectivity index (χ1v) is 6.63. The lowest BCUT2D eigenvalue weighted by Crippen LogP contribution is -2.24. The van der Waals surface area contributed by atoms with E-state index in [0.29, 0.717) is 0 Å². The number of aliphatic carboxylic acids is 1. The number of rotatable bonds is 5. The third-order valence-corrected chi connectivity index (χ3v) is 2.95. The Morgan fingerprint density at radius 3 is 2.35 bits per heavy atom. The van der Waals surface area contributed by atoms with Gasteiger partial charge in [0.25, 0.3) is 5.91 Å². The maximum Gasteiger partial charge on any atom is 0.394 e. The molecule has 0 atom stereocenters. The van der Waals surface area contributed by atoms with Crippen molar-refractivity contribution in [1.82, 2.24) is 0 Å². The van der Waals surface area contributed by atoms with Gasteiger partial charge in [0.2, 0.25) is 0 Å². The van der Waals surface area contributed by atoms with Gasteiger partial charge in [0.05, 0.1) is 5.69 Å². The Morgan fingerprint density at radius 1 is 1.04 bits per heavy atom. The molecule has 2 rings (SSSR count). The van der Waals surface area contributed by atoms with Crippen LogP contribution < -0.4 is 15.8 Å². The van der Waals surface area contributed by atoms with Gasteiger partial charge in [-0.2, -0.15) is 0 Å². The lowest BCUT2D eigenvalue weighted by atomic mass is 10.1. The molecular formula is C16H14N2O5. The van der Waals surface area contributed by atoms with Crippen LogP contribution in [0.2, 0.25) is 0 Å². The number of carbonyl (C=O) groups is 3. The van der Waals surface area contributed by atoms with Crippen molar-refractivity contribution < 1.29 is 24.2 Å². The summed E-state index contributed by atoms with van der Waals surface area (Å²) < 4.78 is 5.57. The zero-order chi connectivity index (χ0) is 16.8. The van der Waals surface area contributed by atoms with Crippen molar-refractivity contribution in [3.8, 4) is 5.75 Å². The molecule has 0 aliphatic rings. The van der Waals surface area contributed by atoms with E-state index in [-0.39, 0.29) is 23.6 Å². The zero-order valence-electron chi connectivity index (χ0n) is 12.0. The molecule has 0 bridgehead atoms. The Kier molecular flexibility index (Phi) is 4.93. The van der Waals surface area contributed by atoms with E-state index in [2.05, 4.69) is 5.32 Å². The molecule has 2 aromatic carbocycles. The highest BCUT2D eigenvalue weighted by atomic mass is 16.5. The normalized spacial score (nSPS) is 9.91. The van der Waals surface area contributed by atoms with Crippen LogP contribution in [0.4, 0.5) is 5.69 Å². The molecule has 0 saturated heterocycles. The number of carbonyl (C=O) groups excluding carboxylic acids is 2. The van der Waals surface area contributed by atoms with Gasteiger partial charge in [0.15, 0.2) is 0 Å². The molecule has 7 heteroatoms. The quantitative estimate of drug-likeness (QED) is 0.721. The molecule has 4 N–H and O–H groups in total. The van der Waals surface area contributed by atoms with Crippen LogP contribution in [-0.2, 0) is 16.2 Å². The minimum absolute atomic E-state index is 0.0181. The molecule has 0 fully saturated rings. The van der Waals surface area contributed by atoms with Gasteiger partial charge >= 0.3 is 11.9 Å². The predicted molar refractivity (Wildman–Crippen MR) is 82.0 cm³/mol. The molecular weight excluding hydrogens is 300 g/mol. The van der Waals surface area contributed by atoms with E-state index >= 15 is 0 Å². The number of carboxylic acid groups (broad SMARTS) is 1. The van der Waals surface area contributed by atoms with Crippen molar-refractivity contribution in [2.75, 3.05) is 5.32 Å². The van der Waals surface area contributed by atoms with Crippen LogP contribution >= 0.6 is 0 Å². The molecule has 2 amide bonds. The van der Waals surface area contributed by atoms with Crippen LogP contribution in [0.1, 0.15) is 15.9 Å². The van der Waals surface area contributed by atoms with Crippen LogP contribution in [-0.4, -0.2) is 22.9 Å². The third kappa shape index (κ3) is 4.07. The summed E-state index contributed by atoms with van der Waals surface area (Å²) in [4.78, 5) is 33.5. The number of benzene rings is 2. The minimum atomic E-state index is -1.67. The predicted octanol–water partition coefficient (Wildman–Crippen LogP) is 1.39. The lowest BCUT2D eigenvalue weighted by Gasteiger charge is -2.13. The van der Waals surface area contributed by atoms with Crippen molar-refractivity contribution in [2.45, 2.75) is 6.61 Å². The van der Waals surface area contributed by atoms with E-state index in [1.807, 2.05) is 30.3 Å². The van der Waals surface area contributed by atoms with Crippen molar-refractivity contribution in [3.63, 3.8) is 0 Å². The summed E-state index contributed by atoms with van der Waals surface area (Å²) in [6.45, 7) is 0.192. The van der Waals surface area contributed by atoms with E-state index in [0.717, 1.165) is 5.56 Å². The molecule has 7 nitrogen and oxygen atoms in total. The topological polar surface area (TPSA) is 119 Å². The van der Waals surface area contributed by atoms with Crippen molar-refractivity contribution >= 4 is 23.5 Å². The number of nitrogens with one attached hydrogen (secondary N) is 1. The summed E-state index contributed by atoms with van der Waals surface area (Å²) in [5.74, 6) is -3.62. The molecule has 0 radical (unpaired) electrons. The first kappa shape index (κ1) is 16.0. The van der Waals surface area contributed by atoms with Gasteiger partial charge in [-0.3, -0.25) is 9.59 Å². The Morgan fingerprint density at radius 2 is 1.74 bits per heavy atom. The van der Waals surface area contributed by atoms with Crippen LogP contribution in [0.3, 0.4) is 0 Å². The fourth-order valence-electron chi connectivity index (χ4n) is 1.92. The Hall–Kier alpha value is -3.35. The van der Waals surface area contributed by atoms with E-state index in [1.165, 1.54) is 18.2 Å². The number of primary amides is 1. The number of carboxylic acids is 1. The second-order valence-corrected chi connectivity index (χ2v) is 4.58. The van der Waals surface area contributed by atoms with Crippen LogP contribution in [0.15, 0.2) is 48.5 Å². The molecule has 2 aromatic rings. The highest BCUT2D eigenvalue weighted by Crippen LogP contribution is 2.27. The average Bonchev–Trinajstić information content (AvgIpc) is 2.53. The van der Waals surface area contributed by atoms with Gasteiger partial charge in [-0.05, 0) is 17.7 Å². The van der Waals surface area contributed by atoms with E-state index in [4.69, 9.17) is 15.6 Å².